The zero-order valence-corrected chi connectivity index (χ0v) is 24.7. The van der Waals surface area contributed by atoms with Crippen molar-refractivity contribution in [3.63, 3.8) is 0 Å². The van der Waals surface area contributed by atoms with Crippen LogP contribution in [0.3, 0.4) is 0 Å². The van der Waals surface area contributed by atoms with Gasteiger partial charge in [-0.15, -0.1) is 0 Å². The summed E-state index contributed by atoms with van der Waals surface area (Å²) in [6.07, 6.45) is -8.69. The quantitative estimate of drug-likeness (QED) is 0.160. The fraction of sp³-hybridized carbons (Fsp3) is 0.433. The highest BCUT2D eigenvalue weighted by atomic mass is 19.4. The Bertz CT molecular complexity index is 1290. The summed E-state index contributed by atoms with van der Waals surface area (Å²) in [5, 5.41) is 2.47. The molecule has 0 spiro atoms. The zero-order chi connectivity index (χ0) is 32.8. The van der Waals surface area contributed by atoms with Gasteiger partial charge in [0.2, 0.25) is 5.91 Å². The smallest absolute Gasteiger partial charge is 0.416 e. The number of anilines is 2. The molecule has 2 aromatic rings. The van der Waals surface area contributed by atoms with E-state index in [-0.39, 0.29) is 28.8 Å². The maximum atomic E-state index is 12.4. The lowest BCUT2D eigenvalue weighted by atomic mass is 9.81. The number of rotatable bonds is 4. The predicted octanol–water partition coefficient (Wildman–Crippen LogP) is 8.05. The molecule has 2 aromatic carbocycles. The van der Waals surface area contributed by atoms with Crippen LogP contribution in [0.5, 0.6) is 0 Å². The lowest BCUT2D eigenvalue weighted by Gasteiger charge is -2.35. The average molecular weight is 603 g/mol. The summed E-state index contributed by atoms with van der Waals surface area (Å²) < 4.78 is 77.8. The van der Waals surface area contributed by atoms with Gasteiger partial charge in [-0.3, -0.25) is 14.4 Å². The van der Waals surface area contributed by atoms with Crippen LogP contribution in [-0.2, 0) is 31.5 Å². The zero-order valence-electron chi connectivity index (χ0n) is 24.7. The minimum absolute atomic E-state index is 0.122. The standard InChI is InChI=1S/C15H18F3NO2.C8H12O2.C7H6F3N/c1-9(2)12(20)14(3,4)13(21)19-11-7-5-10(6-8-11)15(16,17)18;1-5(2)6-8(3,4)7(9)10-6;8-7(9,10)5-1-3-6(11)4-2-5/h5-9H,1-4H3,(H,19,21);1-4H3;1-4H,11H2. The number of nitrogens with two attached hydrogens (primary N) is 1. The first-order valence-corrected chi connectivity index (χ1v) is 12.8. The number of alkyl halides is 6. The highest BCUT2D eigenvalue weighted by Crippen LogP contribution is 2.40. The van der Waals surface area contributed by atoms with E-state index in [1.165, 1.54) is 26.0 Å². The Morgan fingerprint density at radius 2 is 1.24 bits per heavy atom. The Kier molecular flexibility index (Phi) is 11.6. The molecule has 3 rings (SSSR count). The number of Topliss-reactive ketones (excluding diaryl/α,β-unsaturated/α-hetero) is 1. The van der Waals surface area contributed by atoms with E-state index in [0.29, 0.717) is 5.69 Å². The van der Waals surface area contributed by atoms with Gasteiger partial charge in [0.05, 0.1) is 11.1 Å². The summed E-state index contributed by atoms with van der Waals surface area (Å²) in [6.45, 7) is 14.0. The van der Waals surface area contributed by atoms with Gasteiger partial charge in [0.1, 0.15) is 22.4 Å². The third-order valence-corrected chi connectivity index (χ3v) is 6.14. The second-order valence-corrected chi connectivity index (χ2v) is 11.1. The molecule has 1 fully saturated rings. The summed E-state index contributed by atoms with van der Waals surface area (Å²) in [6, 6.07) is 8.45. The van der Waals surface area contributed by atoms with Crippen molar-refractivity contribution in [1.29, 1.82) is 0 Å². The second-order valence-electron chi connectivity index (χ2n) is 11.1. The number of esters is 1. The van der Waals surface area contributed by atoms with Crippen molar-refractivity contribution in [3.8, 4) is 0 Å². The van der Waals surface area contributed by atoms with Gasteiger partial charge < -0.3 is 15.8 Å². The molecule has 1 amide bonds. The molecule has 0 aliphatic carbocycles. The first-order chi connectivity index (χ1) is 18.9. The van der Waals surface area contributed by atoms with Crippen molar-refractivity contribution in [2.24, 2.45) is 16.7 Å². The van der Waals surface area contributed by atoms with Crippen LogP contribution < -0.4 is 11.1 Å². The number of nitrogens with one attached hydrogen (secondary N) is 1. The van der Waals surface area contributed by atoms with Crippen LogP contribution in [0.2, 0.25) is 0 Å². The van der Waals surface area contributed by atoms with Crippen LogP contribution in [0.1, 0.15) is 66.5 Å². The van der Waals surface area contributed by atoms with E-state index in [0.717, 1.165) is 47.7 Å². The van der Waals surface area contributed by atoms with Gasteiger partial charge >= 0.3 is 18.3 Å². The number of allylic oxidation sites excluding steroid dienone is 1. The third kappa shape index (κ3) is 9.63. The van der Waals surface area contributed by atoms with Gasteiger partial charge in [0.15, 0.2) is 0 Å². The van der Waals surface area contributed by atoms with Crippen molar-refractivity contribution in [1.82, 2.24) is 0 Å². The Hall–Kier alpha value is -3.83. The molecule has 42 heavy (non-hydrogen) atoms. The minimum Gasteiger partial charge on any atom is -0.429 e. The summed E-state index contributed by atoms with van der Waals surface area (Å²) in [5.74, 6) is -0.368. The number of carbonyl (C=O) groups is 3. The second kappa shape index (κ2) is 13.4. The van der Waals surface area contributed by atoms with Gasteiger partial charge in [-0.25, -0.2) is 0 Å². The number of benzene rings is 2. The normalized spacial score (nSPS) is 14.4. The number of halogens is 6. The lowest BCUT2D eigenvalue weighted by molar-refractivity contribution is -0.166. The van der Waals surface area contributed by atoms with E-state index in [1.807, 2.05) is 27.7 Å². The molecule has 0 bridgehead atoms. The summed E-state index contributed by atoms with van der Waals surface area (Å²) >= 11 is 0. The molecular weight excluding hydrogens is 566 g/mol. The first-order valence-electron chi connectivity index (χ1n) is 12.8. The van der Waals surface area contributed by atoms with Crippen LogP contribution in [0, 0.1) is 16.7 Å². The Morgan fingerprint density at radius 1 is 0.833 bits per heavy atom. The molecule has 12 heteroatoms. The van der Waals surface area contributed by atoms with E-state index in [2.05, 4.69) is 5.32 Å². The molecule has 0 saturated carbocycles. The van der Waals surface area contributed by atoms with Gasteiger partial charge in [-0.05, 0) is 95.6 Å². The van der Waals surface area contributed by atoms with E-state index in [1.54, 1.807) is 13.8 Å². The lowest BCUT2D eigenvalue weighted by Crippen LogP contribution is -2.41. The highest BCUT2D eigenvalue weighted by Gasteiger charge is 2.46. The number of nitrogen functional groups attached to an aromatic ring is 1. The van der Waals surface area contributed by atoms with Crippen LogP contribution in [0.15, 0.2) is 59.9 Å². The molecule has 0 unspecified atom stereocenters. The Labute approximate surface area is 241 Å². The topological polar surface area (TPSA) is 98.5 Å². The number of amides is 1. The number of carbonyl (C=O) groups excluding carboxylic acids is 3. The maximum absolute atomic E-state index is 12.4. The minimum atomic E-state index is -4.42. The van der Waals surface area contributed by atoms with Gasteiger partial charge in [0, 0.05) is 17.3 Å². The maximum Gasteiger partial charge on any atom is 0.416 e. The van der Waals surface area contributed by atoms with E-state index in [9.17, 15) is 40.7 Å². The molecule has 0 aromatic heterocycles. The largest absolute Gasteiger partial charge is 0.429 e. The average Bonchev–Trinajstić information content (AvgIpc) is 2.86. The molecule has 1 heterocycles. The molecule has 1 aliphatic rings. The number of hydrogen-bond acceptors (Lipinski definition) is 5. The van der Waals surface area contributed by atoms with Crippen LogP contribution in [0.4, 0.5) is 37.7 Å². The van der Waals surface area contributed by atoms with E-state index >= 15 is 0 Å². The number of ketones is 1. The molecule has 6 nitrogen and oxygen atoms in total. The van der Waals surface area contributed by atoms with Gasteiger partial charge in [0.25, 0.3) is 0 Å². The third-order valence-electron chi connectivity index (χ3n) is 6.14. The molecule has 0 atom stereocenters. The summed E-state index contributed by atoms with van der Waals surface area (Å²) in [5.41, 5.74) is 3.77. The number of hydrogen-bond donors (Lipinski definition) is 2. The molecular formula is C30H36F6N2O4. The molecule has 1 aliphatic heterocycles. The Balaban J connectivity index is 0.000000350. The predicted molar refractivity (Wildman–Crippen MR) is 148 cm³/mol. The van der Waals surface area contributed by atoms with Crippen molar-refractivity contribution >= 4 is 29.0 Å². The Morgan fingerprint density at radius 3 is 1.52 bits per heavy atom. The summed E-state index contributed by atoms with van der Waals surface area (Å²) in [7, 11) is 0. The number of ether oxygens (including phenoxy) is 1. The molecule has 3 N–H and O–H groups in total. The monoisotopic (exact) mass is 602 g/mol. The van der Waals surface area contributed by atoms with Gasteiger partial charge in [-0.1, -0.05) is 13.8 Å². The highest BCUT2D eigenvalue weighted by molar-refractivity contribution is 6.11. The summed E-state index contributed by atoms with van der Waals surface area (Å²) in [4.78, 5) is 34.9. The van der Waals surface area contributed by atoms with E-state index < -0.39 is 34.8 Å². The van der Waals surface area contributed by atoms with Crippen molar-refractivity contribution < 1.29 is 45.5 Å². The molecule has 0 radical (unpaired) electrons. The molecule has 1 saturated heterocycles. The number of cyclic esters (lactones) is 1. The van der Waals surface area contributed by atoms with Crippen molar-refractivity contribution in [2.45, 2.75) is 67.7 Å². The van der Waals surface area contributed by atoms with Crippen molar-refractivity contribution in [2.75, 3.05) is 11.1 Å². The SMILES string of the molecule is CC(C)=C1OC(=O)C1(C)C.CC(C)C(=O)C(C)(C)C(=O)Nc1ccc(C(F)(F)F)cc1.Nc1ccc(C(F)(F)F)cc1. The first kappa shape index (κ1) is 36.2. The van der Waals surface area contributed by atoms with Crippen LogP contribution in [0.25, 0.3) is 0 Å². The van der Waals surface area contributed by atoms with Crippen LogP contribution >= 0.6 is 0 Å². The van der Waals surface area contributed by atoms with Crippen LogP contribution in [-0.4, -0.2) is 17.7 Å². The van der Waals surface area contributed by atoms with Crippen molar-refractivity contribution in [3.05, 3.63) is 71.0 Å². The van der Waals surface area contributed by atoms with E-state index in [4.69, 9.17) is 10.5 Å². The van der Waals surface area contributed by atoms with Gasteiger partial charge in [-0.2, -0.15) is 26.3 Å². The molecule has 232 valence electrons. The fourth-order valence-electron chi connectivity index (χ4n) is 3.66. The fourth-order valence-corrected chi connectivity index (χ4v) is 3.66.